The molecule has 0 radical (unpaired) electrons. The highest BCUT2D eigenvalue weighted by Crippen LogP contribution is 2.22. The number of hydrogen-bond donors (Lipinski definition) is 1. The fraction of sp³-hybridized carbons (Fsp3) is 0.111. The zero-order chi connectivity index (χ0) is 16.2. The van der Waals surface area contributed by atoms with Crippen LogP contribution in [0.1, 0.15) is 11.1 Å². The van der Waals surface area contributed by atoms with E-state index < -0.39 is 0 Å². The molecule has 3 aromatic rings. The second kappa shape index (κ2) is 6.55. The fourth-order valence-electron chi connectivity index (χ4n) is 2.35. The van der Waals surface area contributed by atoms with Crippen LogP contribution in [0.25, 0.3) is 11.1 Å². The van der Waals surface area contributed by atoms with E-state index in [-0.39, 0.29) is 0 Å². The Morgan fingerprint density at radius 1 is 1.22 bits per heavy atom. The van der Waals surface area contributed by atoms with Crippen molar-refractivity contribution >= 4 is 17.3 Å². The van der Waals surface area contributed by atoms with Crippen molar-refractivity contribution in [3.8, 4) is 17.2 Å². The highest BCUT2D eigenvalue weighted by atomic mass is 35.5. The van der Waals surface area contributed by atoms with Gasteiger partial charge in [-0.25, -0.2) is 0 Å². The molecule has 5 heteroatoms. The van der Waals surface area contributed by atoms with Crippen molar-refractivity contribution in [3.05, 3.63) is 71.0 Å². The number of halogens is 1. The summed E-state index contributed by atoms with van der Waals surface area (Å²) in [6.07, 6.45) is 3.85. The third-order valence-electron chi connectivity index (χ3n) is 3.55. The van der Waals surface area contributed by atoms with Crippen LogP contribution in [0.5, 0.6) is 0 Å². The van der Waals surface area contributed by atoms with Gasteiger partial charge in [0, 0.05) is 31.0 Å². The van der Waals surface area contributed by atoms with Gasteiger partial charge in [-0.15, -0.1) is 0 Å². The van der Waals surface area contributed by atoms with Crippen LogP contribution in [0, 0.1) is 11.3 Å². The van der Waals surface area contributed by atoms with Gasteiger partial charge in [-0.2, -0.15) is 10.4 Å². The maximum atomic E-state index is 8.90. The number of aryl methyl sites for hydroxylation is 1. The van der Waals surface area contributed by atoms with Gasteiger partial charge in [0.25, 0.3) is 0 Å². The fourth-order valence-corrected chi connectivity index (χ4v) is 2.57. The molecule has 0 bridgehead atoms. The molecule has 0 saturated heterocycles. The molecule has 0 atom stereocenters. The van der Waals surface area contributed by atoms with Crippen LogP contribution in [0.3, 0.4) is 0 Å². The Bertz CT molecular complexity index is 877. The summed E-state index contributed by atoms with van der Waals surface area (Å²) in [6.45, 7) is 0.677. The molecule has 23 heavy (non-hydrogen) atoms. The molecule has 4 nitrogen and oxygen atoms in total. The third kappa shape index (κ3) is 3.53. The molecular weight excluding hydrogens is 308 g/mol. The summed E-state index contributed by atoms with van der Waals surface area (Å²) in [5.41, 5.74) is 4.76. The summed E-state index contributed by atoms with van der Waals surface area (Å²) in [6, 6.07) is 15.7. The van der Waals surface area contributed by atoms with Crippen molar-refractivity contribution in [2.24, 2.45) is 7.05 Å². The number of nitriles is 1. The van der Waals surface area contributed by atoms with Crippen LogP contribution < -0.4 is 5.32 Å². The van der Waals surface area contributed by atoms with Crippen LogP contribution in [0.15, 0.2) is 54.9 Å². The Balaban J connectivity index is 1.74. The number of benzene rings is 2. The van der Waals surface area contributed by atoms with Crippen molar-refractivity contribution in [2.45, 2.75) is 6.54 Å². The topological polar surface area (TPSA) is 53.6 Å². The van der Waals surface area contributed by atoms with E-state index in [0.717, 1.165) is 22.4 Å². The highest BCUT2D eigenvalue weighted by Gasteiger charge is 2.03. The molecule has 1 heterocycles. The largest absolute Gasteiger partial charge is 0.381 e. The number of rotatable bonds is 4. The molecule has 0 aliphatic heterocycles. The summed E-state index contributed by atoms with van der Waals surface area (Å²) in [4.78, 5) is 0. The quantitative estimate of drug-likeness (QED) is 0.782. The maximum absolute atomic E-state index is 8.90. The average Bonchev–Trinajstić information content (AvgIpc) is 3.00. The minimum Gasteiger partial charge on any atom is -0.381 e. The zero-order valence-electron chi connectivity index (χ0n) is 12.6. The first-order chi connectivity index (χ1) is 11.2. The SMILES string of the molecule is Cn1cc(-c2cccc(CNc3ccc(C#N)c(Cl)c3)c2)cn1. The number of anilines is 1. The molecule has 0 spiro atoms. The lowest BCUT2D eigenvalue weighted by atomic mass is 10.1. The second-order valence-corrected chi connectivity index (χ2v) is 5.67. The Morgan fingerprint density at radius 3 is 2.78 bits per heavy atom. The van der Waals surface area contributed by atoms with Gasteiger partial charge in [-0.1, -0.05) is 29.8 Å². The van der Waals surface area contributed by atoms with E-state index in [2.05, 4.69) is 34.7 Å². The first kappa shape index (κ1) is 15.1. The molecule has 1 aromatic heterocycles. The van der Waals surface area contributed by atoms with Gasteiger partial charge in [0.05, 0.1) is 16.8 Å². The minimum absolute atomic E-state index is 0.460. The molecular formula is C18H15ClN4. The van der Waals surface area contributed by atoms with Crippen molar-refractivity contribution in [1.29, 1.82) is 5.26 Å². The normalized spacial score (nSPS) is 10.3. The Hall–Kier alpha value is -2.77. The number of nitrogens with one attached hydrogen (secondary N) is 1. The van der Waals surface area contributed by atoms with E-state index in [1.54, 1.807) is 16.8 Å². The molecule has 0 aliphatic rings. The summed E-state index contributed by atoms with van der Waals surface area (Å²) < 4.78 is 1.79. The minimum atomic E-state index is 0.460. The van der Waals surface area contributed by atoms with E-state index in [4.69, 9.17) is 16.9 Å². The second-order valence-electron chi connectivity index (χ2n) is 5.26. The average molecular weight is 323 g/mol. The number of hydrogen-bond acceptors (Lipinski definition) is 3. The van der Waals surface area contributed by atoms with E-state index >= 15 is 0 Å². The van der Waals surface area contributed by atoms with Crippen molar-refractivity contribution in [1.82, 2.24) is 9.78 Å². The van der Waals surface area contributed by atoms with Crippen LogP contribution in [-0.4, -0.2) is 9.78 Å². The van der Waals surface area contributed by atoms with E-state index in [1.807, 2.05) is 31.6 Å². The van der Waals surface area contributed by atoms with Gasteiger partial charge in [0.15, 0.2) is 0 Å². The highest BCUT2D eigenvalue weighted by molar-refractivity contribution is 6.32. The van der Waals surface area contributed by atoms with Crippen molar-refractivity contribution in [2.75, 3.05) is 5.32 Å². The molecule has 3 rings (SSSR count). The molecule has 0 saturated carbocycles. The maximum Gasteiger partial charge on any atom is 0.101 e. The molecule has 0 amide bonds. The van der Waals surface area contributed by atoms with Crippen molar-refractivity contribution < 1.29 is 0 Å². The molecule has 0 fully saturated rings. The van der Waals surface area contributed by atoms with Gasteiger partial charge in [0.2, 0.25) is 0 Å². The summed E-state index contributed by atoms with van der Waals surface area (Å²) in [5.74, 6) is 0. The standard InChI is InChI=1S/C18H15ClN4/c1-23-12-16(11-22-23)14-4-2-3-13(7-14)10-21-17-6-5-15(9-20)18(19)8-17/h2-8,11-12,21H,10H2,1H3. The molecule has 0 aliphatic carbocycles. The van der Waals surface area contributed by atoms with Gasteiger partial charge < -0.3 is 5.32 Å². The predicted octanol–water partition coefficient (Wildman–Crippen LogP) is 4.22. The Morgan fingerprint density at radius 2 is 2.09 bits per heavy atom. The lowest BCUT2D eigenvalue weighted by Gasteiger charge is -2.08. The van der Waals surface area contributed by atoms with E-state index in [9.17, 15) is 0 Å². The number of aromatic nitrogens is 2. The van der Waals surface area contributed by atoms with Gasteiger partial charge >= 0.3 is 0 Å². The lowest BCUT2D eigenvalue weighted by molar-refractivity contribution is 0.768. The van der Waals surface area contributed by atoms with Crippen LogP contribution in [0.4, 0.5) is 5.69 Å². The lowest BCUT2D eigenvalue weighted by Crippen LogP contribution is -1.99. The number of nitrogens with zero attached hydrogens (tertiary/aromatic N) is 3. The molecule has 0 unspecified atom stereocenters. The van der Waals surface area contributed by atoms with Crippen molar-refractivity contribution in [3.63, 3.8) is 0 Å². The molecule has 2 aromatic carbocycles. The summed E-state index contributed by atoms with van der Waals surface area (Å²) in [5, 5.41) is 16.9. The smallest absolute Gasteiger partial charge is 0.101 e. The van der Waals surface area contributed by atoms with E-state index in [1.165, 1.54) is 0 Å². The Kier molecular flexibility index (Phi) is 4.31. The Labute approximate surface area is 139 Å². The first-order valence-electron chi connectivity index (χ1n) is 7.17. The van der Waals surface area contributed by atoms with E-state index in [0.29, 0.717) is 17.1 Å². The first-order valence-corrected chi connectivity index (χ1v) is 7.55. The van der Waals surface area contributed by atoms with Crippen LogP contribution >= 0.6 is 11.6 Å². The van der Waals surface area contributed by atoms with Gasteiger partial charge in [0.1, 0.15) is 6.07 Å². The summed E-state index contributed by atoms with van der Waals surface area (Å²) in [7, 11) is 1.91. The van der Waals surface area contributed by atoms with Gasteiger partial charge in [-0.3, -0.25) is 4.68 Å². The summed E-state index contributed by atoms with van der Waals surface area (Å²) >= 11 is 6.05. The molecule has 1 N–H and O–H groups in total. The predicted molar refractivity (Wildman–Crippen MR) is 92.1 cm³/mol. The van der Waals surface area contributed by atoms with Crippen LogP contribution in [0.2, 0.25) is 5.02 Å². The third-order valence-corrected chi connectivity index (χ3v) is 3.86. The zero-order valence-corrected chi connectivity index (χ0v) is 13.4. The van der Waals surface area contributed by atoms with Crippen LogP contribution in [-0.2, 0) is 13.6 Å². The monoisotopic (exact) mass is 322 g/mol. The van der Waals surface area contributed by atoms with Gasteiger partial charge in [-0.05, 0) is 35.4 Å². The molecule has 114 valence electrons.